The zero-order chi connectivity index (χ0) is 25.9. The average Bonchev–Trinajstić information content (AvgIpc) is 2.81. The molecule has 1 aromatic carbocycles. The van der Waals surface area contributed by atoms with E-state index in [1.807, 2.05) is 20.8 Å². The minimum atomic E-state index is -1.09. The van der Waals surface area contributed by atoms with Gasteiger partial charge in [-0.1, -0.05) is 0 Å². The molecule has 198 valence electrons. The minimum Gasteiger partial charge on any atom is -0.492 e. The molecule has 3 heterocycles. The predicted molar refractivity (Wildman–Crippen MR) is 137 cm³/mol. The number of rotatable bonds is 6. The number of aliphatic hydroxyl groups is 1. The number of ether oxygens (including phenoxy) is 2. The van der Waals surface area contributed by atoms with Gasteiger partial charge in [-0.05, 0) is 52.8 Å². The van der Waals surface area contributed by atoms with Crippen LogP contribution in [0.1, 0.15) is 33.6 Å². The zero-order valence-electron chi connectivity index (χ0n) is 21.9. The fraction of sp³-hybridized carbons (Fsp3) is 0.654. The molecule has 1 N–H and O–H groups in total. The number of benzene rings is 1. The second-order valence-corrected chi connectivity index (χ2v) is 11.0. The lowest BCUT2D eigenvalue weighted by atomic mass is 9.91. The van der Waals surface area contributed by atoms with Gasteiger partial charge in [0.15, 0.2) is 0 Å². The number of aromatic nitrogens is 2. The fourth-order valence-corrected chi connectivity index (χ4v) is 4.61. The normalized spacial score (nSPS) is 19.4. The molecule has 0 radical (unpaired) electrons. The van der Waals surface area contributed by atoms with Crippen molar-refractivity contribution in [2.45, 2.75) is 51.4 Å². The largest absolute Gasteiger partial charge is 0.492 e. The van der Waals surface area contributed by atoms with Crippen molar-refractivity contribution in [3.05, 3.63) is 34.9 Å². The first-order valence-electron chi connectivity index (χ1n) is 12.7. The summed E-state index contributed by atoms with van der Waals surface area (Å²) >= 11 is 0. The molecule has 0 saturated carbocycles. The molecule has 0 aliphatic carbocycles. The highest BCUT2D eigenvalue weighted by Gasteiger charge is 2.36. The van der Waals surface area contributed by atoms with Gasteiger partial charge in [-0.15, -0.1) is 0 Å². The number of likely N-dealkylation sites (tertiary alicyclic amines) is 1. The number of piperidine rings is 1. The van der Waals surface area contributed by atoms with Crippen LogP contribution in [0.5, 0.6) is 5.75 Å². The Morgan fingerprint density at radius 3 is 2.47 bits per heavy atom. The molecule has 2 aliphatic heterocycles. The Kier molecular flexibility index (Phi) is 7.87. The van der Waals surface area contributed by atoms with Gasteiger partial charge in [-0.25, -0.2) is 9.78 Å². The summed E-state index contributed by atoms with van der Waals surface area (Å²) in [4.78, 5) is 36.2. The molecule has 2 aromatic rings. The summed E-state index contributed by atoms with van der Waals surface area (Å²) in [5.74, 6) is 0.689. The summed E-state index contributed by atoms with van der Waals surface area (Å²) in [5, 5.41) is 11.6. The summed E-state index contributed by atoms with van der Waals surface area (Å²) in [5.41, 5.74) is -1.29. The van der Waals surface area contributed by atoms with E-state index < -0.39 is 11.2 Å². The van der Waals surface area contributed by atoms with Crippen LogP contribution in [0.4, 0.5) is 4.79 Å². The third kappa shape index (κ3) is 6.74. The Morgan fingerprint density at radius 2 is 1.81 bits per heavy atom. The summed E-state index contributed by atoms with van der Waals surface area (Å²) < 4.78 is 12.8. The molecule has 0 spiro atoms. The van der Waals surface area contributed by atoms with Gasteiger partial charge < -0.3 is 24.4 Å². The van der Waals surface area contributed by atoms with Crippen molar-refractivity contribution < 1.29 is 19.4 Å². The Labute approximate surface area is 212 Å². The average molecular weight is 502 g/mol. The van der Waals surface area contributed by atoms with Gasteiger partial charge in [0.05, 0.1) is 29.4 Å². The maximum absolute atomic E-state index is 13.1. The van der Waals surface area contributed by atoms with Gasteiger partial charge in [0.1, 0.15) is 18.0 Å². The van der Waals surface area contributed by atoms with Gasteiger partial charge in [0.2, 0.25) is 0 Å². The van der Waals surface area contributed by atoms with Crippen LogP contribution in [0.2, 0.25) is 0 Å². The maximum Gasteiger partial charge on any atom is 0.410 e. The van der Waals surface area contributed by atoms with Crippen LogP contribution < -0.4 is 10.3 Å². The summed E-state index contributed by atoms with van der Waals surface area (Å²) in [6.07, 6.45) is 1.82. The number of piperazine rings is 1. The molecular formula is C26H39N5O5. The van der Waals surface area contributed by atoms with Crippen molar-refractivity contribution >= 4 is 17.0 Å². The summed E-state index contributed by atoms with van der Waals surface area (Å²) in [6.45, 7) is 12.0. The number of amides is 1. The molecule has 0 unspecified atom stereocenters. The summed E-state index contributed by atoms with van der Waals surface area (Å²) in [6, 6.07) is 5.33. The molecular weight excluding hydrogens is 462 g/mol. The van der Waals surface area contributed by atoms with Crippen LogP contribution in [-0.4, -0.2) is 106 Å². The van der Waals surface area contributed by atoms with Crippen molar-refractivity contribution in [1.82, 2.24) is 24.3 Å². The van der Waals surface area contributed by atoms with E-state index in [1.165, 1.54) is 10.9 Å². The van der Waals surface area contributed by atoms with E-state index in [0.717, 1.165) is 32.7 Å². The lowest BCUT2D eigenvalue weighted by molar-refractivity contribution is -0.0419. The van der Waals surface area contributed by atoms with Gasteiger partial charge in [0, 0.05) is 51.9 Å². The van der Waals surface area contributed by atoms with Crippen LogP contribution in [0.15, 0.2) is 29.3 Å². The number of nitrogens with zero attached hydrogens (tertiary/aromatic N) is 5. The van der Waals surface area contributed by atoms with Gasteiger partial charge in [-0.3, -0.25) is 14.3 Å². The van der Waals surface area contributed by atoms with Crippen LogP contribution in [0.25, 0.3) is 10.9 Å². The smallest absolute Gasteiger partial charge is 0.410 e. The molecule has 10 heteroatoms. The Morgan fingerprint density at radius 1 is 1.11 bits per heavy atom. The Balaban J connectivity index is 1.34. The van der Waals surface area contributed by atoms with Gasteiger partial charge in [-0.2, -0.15) is 0 Å². The quantitative estimate of drug-likeness (QED) is 0.640. The molecule has 2 fully saturated rings. The third-order valence-electron chi connectivity index (χ3n) is 6.88. The minimum absolute atomic E-state index is 0.125. The predicted octanol–water partition coefficient (Wildman–Crippen LogP) is 1.78. The number of hydrogen-bond acceptors (Lipinski definition) is 8. The topological polar surface area (TPSA) is 100 Å². The first-order chi connectivity index (χ1) is 17.0. The number of carbonyl (C=O) groups excluding carboxylic acids is 1. The van der Waals surface area contributed by atoms with E-state index >= 15 is 0 Å². The van der Waals surface area contributed by atoms with Gasteiger partial charge >= 0.3 is 6.09 Å². The van der Waals surface area contributed by atoms with E-state index in [-0.39, 0.29) is 18.2 Å². The van der Waals surface area contributed by atoms with Crippen LogP contribution >= 0.6 is 0 Å². The van der Waals surface area contributed by atoms with Crippen LogP contribution in [-0.2, 0) is 11.3 Å². The maximum atomic E-state index is 13.1. The van der Waals surface area contributed by atoms with Crippen LogP contribution in [0, 0.1) is 0 Å². The fourth-order valence-electron chi connectivity index (χ4n) is 4.61. The standard InChI is InChI=1S/C26H39N5O5/c1-25(2,3)36-24(33)30-9-7-26(34,8-10-30)18-31-19-27-22-17-20(5-6-21(22)23(31)32)35-16-15-29-13-11-28(4)12-14-29/h5-6,17,19,34H,7-16,18H2,1-4H3. The molecule has 10 nitrogen and oxygen atoms in total. The van der Waals surface area contributed by atoms with Crippen molar-refractivity contribution in [3.63, 3.8) is 0 Å². The van der Waals surface area contributed by atoms with E-state index in [1.54, 1.807) is 23.1 Å². The van der Waals surface area contributed by atoms with Crippen LogP contribution in [0.3, 0.4) is 0 Å². The highest BCUT2D eigenvalue weighted by molar-refractivity contribution is 5.78. The molecule has 4 rings (SSSR count). The molecule has 2 aliphatic rings. The van der Waals surface area contributed by atoms with Crippen molar-refractivity contribution in [1.29, 1.82) is 0 Å². The molecule has 2 saturated heterocycles. The van der Waals surface area contributed by atoms with E-state index in [4.69, 9.17) is 9.47 Å². The first-order valence-corrected chi connectivity index (χ1v) is 12.7. The number of carbonyl (C=O) groups is 1. The number of hydrogen-bond donors (Lipinski definition) is 1. The second kappa shape index (κ2) is 10.7. The van der Waals surface area contributed by atoms with Crippen molar-refractivity contribution in [3.8, 4) is 5.75 Å². The van der Waals surface area contributed by atoms with E-state index in [0.29, 0.717) is 49.2 Å². The molecule has 1 amide bonds. The molecule has 0 atom stereocenters. The van der Waals surface area contributed by atoms with Crippen molar-refractivity contribution in [2.24, 2.45) is 0 Å². The Bertz CT molecular complexity index is 1110. The number of fused-ring (bicyclic) bond motifs is 1. The molecule has 1 aromatic heterocycles. The molecule has 36 heavy (non-hydrogen) atoms. The van der Waals surface area contributed by atoms with E-state index in [9.17, 15) is 14.7 Å². The highest BCUT2D eigenvalue weighted by Crippen LogP contribution is 2.25. The number of likely N-dealkylation sites (N-methyl/N-ethyl adjacent to an activating group) is 1. The zero-order valence-corrected chi connectivity index (χ0v) is 21.9. The second-order valence-electron chi connectivity index (χ2n) is 11.0. The third-order valence-corrected chi connectivity index (χ3v) is 6.88. The first kappa shape index (κ1) is 26.4. The summed E-state index contributed by atoms with van der Waals surface area (Å²) in [7, 11) is 2.14. The monoisotopic (exact) mass is 501 g/mol. The lowest BCUT2D eigenvalue weighted by Crippen LogP contribution is -2.50. The Hall–Kier alpha value is -2.69. The molecule has 0 bridgehead atoms. The SMILES string of the molecule is CN1CCN(CCOc2ccc3c(=O)n(CC4(O)CCN(C(=O)OC(C)(C)C)CC4)cnc3c2)CC1. The van der Waals surface area contributed by atoms with Crippen molar-refractivity contribution in [2.75, 3.05) is 59.5 Å². The van der Waals surface area contributed by atoms with Gasteiger partial charge in [0.25, 0.3) is 5.56 Å². The lowest BCUT2D eigenvalue weighted by Gasteiger charge is -2.38. The highest BCUT2D eigenvalue weighted by atomic mass is 16.6. The van der Waals surface area contributed by atoms with E-state index in [2.05, 4.69) is 21.8 Å².